The molecular formula is C15H21N5. The van der Waals surface area contributed by atoms with Gasteiger partial charge in [-0.2, -0.15) is 5.26 Å². The van der Waals surface area contributed by atoms with Gasteiger partial charge >= 0.3 is 0 Å². The molecule has 3 rings (SSSR count). The highest BCUT2D eigenvalue weighted by atomic mass is 15.3. The van der Waals surface area contributed by atoms with E-state index in [1.807, 2.05) is 19.9 Å². The van der Waals surface area contributed by atoms with E-state index in [-0.39, 0.29) is 0 Å². The van der Waals surface area contributed by atoms with Crippen LogP contribution in [-0.2, 0) is 0 Å². The van der Waals surface area contributed by atoms with Crippen molar-refractivity contribution in [3.63, 3.8) is 0 Å². The number of nitriles is 1. The third kappa shape index (κ3) is 2.37. The minimum absolute atomic E-state index is 0.716. The Hall–Kier alpha value is -1.64. The molecule has 5 nitrogen and oxygen atoms in total. The summed E-state index contributed by atoms with van der Waals surface area (Å²) in [4.78, 5) is 9.29. The number of aryl methyl sites for hydroxylation is 2. The largest absolute Gasteiger partial charge is 0.368 e. The number of rotatable bonds is 2. The Morgan fingerprint density at radius 2 is 1.95 bits per heavy atom. The van der Waals surface area contributed by atoms with Crippen molar-refractivity contribution in [1.82, 2.24) is 15.2 Å². The summed E-state index contributed by atoms with van der Waals surface area (Å²) in [5, 5.41) is 12.7. The van der Waals surface area contributed by atoms with E-state index < -0.39 is 0 Å². The Balaban J connectivity index is 1.76. The molecule has 0 amide bonds. The molecule has 0 radical (unpaired) electrons. The molecular weight excluding hydrogens is 250 g/mol. The number of nitrogens with zero attached hydrogens (tertiary/aromatic N) is 4. The lowest BCUT2D eigenvalue weighted by Gasteiger charge is -2.44. The summed E-state index contributed by atoms with van der Waals surface area (Å²) in [5.41, 5.74) is 3.62. The van der Waals surface area contributed by atoms with Crippen molar-refractivity contribution < 1.29 is 0 Å². The van der Waals surface area contributed by atoms with Crippen LogP contribution in [0.3, 0.4) is 0 Å². The number of hydrogen-bond acceptors (Lipinski definition) is 5. The Morgan fingerprint density at radius 1 is 1.25 bits per heavy atom. The zero-order chi connectivity index (χ0) is 14.1. The second-order valence-electron chi connectivity index (χ2n) is 5.69. The van der Waals surface area contributed by atoms with Crippen LogP contribution in [-0.4, -0.2) is 55.2 Å². The Kier molecular flexibility index (Phi) is 3.60. The van der Waals surface area contributed by atoms with Crippen molar-refractivity contribution in [2.24, 2.45) is 0 Å². The molecule has 2 aliphatic rings. The molecule has 1 aromatic rings. The van der Waals surface area contributed by atoms with Gasteiger partial charge in [-0.05, 0) is 19.9 Å². The summed E-state index contributed by atoms with van der Waals surface area (Å²) >= 11 is 0. The number of pyridine rings is 1. The monoisotopic (exact) mass is 271 g/mol. The van der Waals surface area contributed by atoms with Crippen LogP contribution < -0.4 is 10.2 Å². The number of aromatic nitrogens is 1. The summed E-state index contributed by atoms with van der Waals surface area (Å²) in [6.45, 7) is 10.3. The number of nitrogens with one attached hydrogen (secondary N) is 1. The minimum atomic E-state index is 0.716. The van der Waals surface area contributed by atoms with Crippen LogP contribution in [0.25, 0.3) is 0 Å². The minimum Gasteiger partial charge on any atom is -0.368 e. The topological polar surface area (TPSA) is 55.2 Å². The molecule has 2 aliphatic heterocycles. The van der Waals surface area contributed by atoms with Crippen molar-refractivity contribution in [3.8, 4) is 6.07 Å². The standard InChI is InChI=1S/C15H21N5/c1-11-7-15(14(8-16)12(2)18-11)20-5-3-19(4-6-20)13-9-17-10-13/h7,13,17H,3-6,9-10H2,1-2H3. The van der Waals surface area contributed by atoms with Crippen LogP contribution in [0.5, 0.6) is 0 Å². The predicted molar refractivity (Wildman–Crippen MR) is 78.9 cm³/mol. The number of hydrogen-bond donors (Lipinski definition) is 1. The lowest BCUT2D eigenvalue weighted by atomic mass is 10.1. The maximum Gasteiger partial charge on any atom is 0.103 e. The van der Waals surface area contributed by atoms with Gasteiger partial charge in [0.25, 0.3) is 0 Å². The Bertz CT molecular complexity index is 536. The number of piperazine rings is 1. The van der Waals surface area contributed by atoms with Gasteiger partial charge in [-0.15, -0.1) is 0 Å². The fourth-order valence-corrected chi connectivity index (χ4v) is 3.06. The Morgan fingerprint density at radius 3 is 2.50 bits per heavy atom. The maximum atomic E-state index is 9.37. The average Bonchev–Trinajstić information content (AvgIpc) is 2.37. The van der Waals surface area contributed by atoms with E-state index in [4.69, 9.17) is 0 Å². The molecule has 0 atom stereocenters. The molecule has 1 aromatic heterocycles. The molecule has 0 unspecified atom stereocenters. The van der Waals surface area contributed by atoms with Crippen LogP contribution in [0.2, 0.25) is 0 Å². The lowest BCUT2D eigenvalue weighted by molar-refractivity contribution is 0.138. The van der Waals surface area contributed by atoms with Crippen molar-refractivity contribution in [2.75, 3.05) is 44.2 Å². The lowest BCUT2D eigenvalue weighted by Crippen LogP contribution is -2.61. The molecule has 20 heavy (non-hydrogen) atoms. The van der Waals surface area contributed by atoms with Gasteiger partial charge < -0.3 is 10.2 Å². The van der Waals surface area contributed by atoms with Crippen LogP contribution in [0.4, 0.5) is 5.69 Å². The predicted octanol–water partition coefficient (Wildman–Crippen LogP) is 0.664. The highest BCUT2D eigenvalue weighted by molar-refractivity contribution is 5.61. The van der Waals surface area contributed by atoms with Crippen molar-refractivity contribution in [1.29, 1.82) is 5.26 Å². The van der Waals surface area contributed by atoms with Gasteiger partial charge in [0, 0.05) is 51.0 Å². The SMILES string of the molecule is Cc1cc(N2CCN(C3CNC3)CC2)c(C#N)c(C)n1. The van der Waals surface area contributed by atoms with Gasteiger partial charge in [0.05, 0.1) is 16.9 Å². The molecule has 106 valence electrons. The van der Waals surface area contributed by atoms with E-state index in [2.05, 4.69) is 26.2 Å². The molecule has 1 N–H and O–H groups in total. The van der Waals surface area contributed by atoms with E-state index in [9.17, 15) is 5.26 Å². The second kappa shape index (κ2) is 5.39. The Labute approximate surface area is 120 Å². The fourth-order valence-electron chi connectivity index (χ4n) is 3.06. The molecule has 0 spiro atoms. The molecule has 2 saturated heterocycles. The molecule has 3 heterocycles. The van der Waals surface area contributed by atoms with Crippen molar-refractivity contribution in [2.45, 2.75) is 19.9 Å². The molecule has 0 bridgehead atoms. The molecule has 0 aromatic carbocycles. The van der Waals surface area contributed by atoms with E-state index in [0.29, 0.717) is 6.04 Å². The third-order valence-corrected chi connectivity index (χ3v) is 4.35. The normalized spacial score (nSPS) is 20.6. The van der Waals surface area contributed by atoms with Gasteiger partial charge in [0.1, 0.15) is 6.07 Å². The quantitative estimate of drug-likeness (QED) is 0.856. The van der Waals surface area contributed by atoms with Gasteiger partial charge in [-0.1, -0.05) is 0 Å². The molecule has 0 aliphatic carbocycles. The van der Waals surface area contributed by atoms with Gasteiger partial charge in [-0.3, -0.25) is 9.88 Å². The third-order valence-electron chi connectivity index (χ3n) is 4.35. The van der Waals surface area contributed by atoms with Crippen molar-refractivity contribution >= 4 is 5.69 Å². The summed E-state index contributed by atoms with van der Waals surface area (Å²) in [6.07, 6.45) is 0. The van der Waals surface area contributed by atoms with Gasteiger partial charge in [0.2, 0.25) is 0 Å². The van der Waals surface area contributed by atoms with E-state index in [1.165, 1.54) is 0 Å². The average molecular weight is 271 g/mol. The first-order chi connectivity index (χ1) is 9.69. The van der Waals surface area contributed by atoms with E-state index in [1.54, 1.807) is 0 Å². The highest BCUT2D eigenvalue weighted by Gasteiger charge is 2.28. The van der Waals surface area contributed by atoms with Crippen LogP contribution in [0.15, 0.2) is 6.07 Å². The van der Waals surface area contributed by atoms with Crippen LogP contribution >= 0.6 is 0 Å². The first-order valence-corrected chi connectivity index (χ1v) is 7.27. The fraction of sp³-hybridized carbons (Fsp3) is 0.600. The second-order valence-corrected chi connectivity index (χ2v) is 5.69. The van der Waals surface area contributed by atoms with Gasteiger partial charge in [-0.25, -0.2) is 0 Å². The van der Waals surface area contributed by atoms with Crippen LogP contribution in [0, 0.1) is 25.2 Å². The van der Waals surface area contributed by atoms with Crippen LogP contribution in [0.1, 0.15) is 17.0 Å². The van der Waals surface area contributed by atoms with E-state index in [0.717, 1.165) is 61.9 Å². The van der Waals surface area contributed by atoms with Crippen molar-refractivity contribution in [3.05, 3.63) is 23.0 Å². The maximum absolute atomic E-state index is 9.37. The smallest absolute Gasteiger partial charge is 0.103 e. The first kappa shape index (κ1) is 13.3. The van der Waals surface area contributed by atoms with Gasteiger partial charge in [0.15, 0.2) is 0 Å². The molecule has 0 saturated carbocycles. The summed E-state index contributed by atoms with van der Waals surface area (Å²) in [6, 6.07) is 5.08. The molecule has 5 heteroatoms. The summed E-state index contributed by atoms with van der Waals surface area (Å²) in [5.74, 6) is 0. The first-order valence-electron chi connectivity index (χ1n) is 7.27. The highest BCUT2D eigenvalue weighted by Crippen LogP contribution is 2.25. The zero-order valence-corrected chi connectivity index (χ0v) is 12.2. The van der Waals surface area contributed by atoms with E-state index >= 15 is 0 Å². The number of anilines is 1. The summed E-state index contributed by atoms with van der Waals surface area (Å²) < 4.78 is 0. The molecule has 2 fully saturated rings. The zero-order valence-electron chi connectivity index (χ0n) is 12.2. The summed E-state index contributed by atoms with van der Waals surface area (Å²) in [7, 11) is 0.